The quantitative estimate of drug-likeness (QED) is 0.624. The molecule has 0 atom stereocenters. The van der Waals surface area contributed by atoms with Crippen LogP contribution in [0.25, 0.3) is 0 Å². The SMILES string of the molecule is O=C(NCC(F)(F)F)c1ccc(S(=O)(=O)Oc2ccc(F)cc2F)cc1. The van der Waals surface area contributed by atoms with E-state index in [9.17, 15) is 35.2 Å². The molecule has 0 aromatic heterocycles. The Kier molecular flexibility index (Phi) is 5.50. The van der Waals surface area contributed by atoms with Crippen molar-refractivity contribution < 1.29 is 39.3 Å². The first-order chi connectivity index (χ1) is 12.0. The maximum absolute atomic E-state index is 13.5. The first-order valence-electron chi connectivity index (χ1n) is 6.82. The summed E-state index contributed by atoms with van der Waals surface area (Å²) < 4.78 is 91.1. The van der Waals surface area contributed by atoms with E-state index >= 15 is 0 Å². The third-order valence-electron chi connectivity index (χ3n) is 2.95. The van der Waals surface area contributed by atoms with Gasteiger partial charge in [0.05, 0.1) is 0 Å². The van der Waals surface area contributed by atoms with Gasteiger partial charge in [0.1, 0.15) is 17.3 Å². The predicted octanol–water partition coefficient (Wildman–Crippen LogP) is 3.02. The molecule has 2 rings (SSSR count). The molecule has 140 valence electrons. The number of hydrogen-bond acceptors (Lipinski definition) is 4. The Morgan fingerprint density at radius 2 is 1.65 bits per heavy atom. The van der Waals surface area contributed by atoms with E-state index in [4.69, 9.17) is 0 Å². The molecule has 0 aliphatic rings. The van der Waals surface area contributed by atoms with Gasteiger partial charge in [0.2, 0.25) is 0 Å². The molecule has 0 saturated carbocycles. The smallest absolute Gasteiger partial charge is 0.376 e. The second-order valence-corrected chi connectivity index (χ2v) is 6.48. The van der Waals surface area contributed by atoms with Crippen molar-refractivity contribution in [1.82, 2.24) is 5.32 Å². The number of nitrogens with one attached hydrogen (secondary N) is 1. The molecule has 2 aromatic rings. The molecule has 0 aliphatic heterocycles. The average molecular weight is 395 g/mol. The third-order valence-corrected chi connectivity index (χ3v) is 4.20. The molecule has 0 spiro atoms. The van der Waals surface area contributed by atoms with E-state index in [2.05, 4.69) is 4.18 Å². The molecule has 0 fully saturated rings. The maximum Gasteiger partial charge on any atom is 0.405 e. The van der Waals surface area contributed by atoms with Gasteiger partial charge in [-0.3, -0.25) is 4.79 Å². The molecule has 26 heavy (non-hydrogen) atoms. The molecular formula is C15H10F5NO4S. The lowest BCUT2D eigenvalue weighted by Gasteiger charge is -2.10. The lowest BCUT2D eigenvalue weighted by atomic mass is 10.2. The highest BCUT2D eigenvalue weighted by molar-refractivity contribution is 7.87. The minimum absolute atomic E-state index is 0.221. The first kappa shape index (κ1) is 19.6. The summed E-state index contributed by atoms with van der Waals surface area (Å²) in [5, 5.41) is 1.62. The molecule has 2 aromatic carbocycles. The second-order valence-electron chi connectivity index (χ2n) is 4.93. The molecule has 11 heteroatoms. The summed E-state index contributed by atoms with van der Waals surface area (Å²) in [7, 11) is -4.50. The molecule has 0 unspecified atom stereocenters. The average Bonchev–Trinajstić information content (AvgIpc) is 2.54. The van der Waals surface area contributed by atoms with Gasteiger partial charge >= 0.3 is 16.3 Å². The van der Waals surface area contributed by atoms with Gasteiger partial charge in [0.25, 0.3) is 5.91 Å². The number of halogens is 5. The van der Waals surface area contributed by atoms with Crippen LogP contribution < -0.4 is 9.50 Å². The Morgan fingerprint density at radius 3 is 2.19 bits per heavy atom. The molecule has 1 N–H and O–H groups in total. The number of carbonyl (C=O) groups is 1. The topological polar surface area (TPSA) is 72.5 Å². The Balaban J connectivity index is 2.14. The van der Waals surface area contributed by atoms with Gasteiger partial charge in [-0.05, 0) is 36.4 Å². The van der Waals surface area contributed by atoms with Crippen LogP contribution in [0.4, 0.5) is 22.0 Å². The van der Waals surface area contributed by atoms with Crippen molar-refractivity contribution in [2.45, 2.75) is 11.1 Å². The number of amides is 1. The summed E-state index contributed by atoms with van der Waals surface area (Å²) >= 11 is 0. The lowest BCUT2D eigenvalue weighted by molar-refractivity contribution is -0.123. The Hall–Kier alpha value is -2.69. The summed E-state index contributed by atoms with van der Waals surface area (Å²) in [6.07, 6.45) is -4.59. The zero-order valence-corrected chi connectivity index (χ0v) is 13.5. The molecule has 0 aliphatic carbocycles. The summed E-state index contributed by atoms with van der Waals surface area (Å²) in [6.45, 7) is -1.54. The minimum atomic E-state index is -4.59. The zero-order chi connectivity index (χ0) is 19.5. The Bertz CT molecular complexity index is 911. The van der Waals surface area contributed by atoms with E-state index in [0.29, 0.717) is 6.07 Å². The summed E-state index contributed by atoms with van der Waals surface area (Å²) in [5.74, 6) is -3.96. The van der Waals surface area contributed by atoms with Crippen LogP contribution in [0, 0.1) is 11.6 Å². The van der Waals surface area contributed by atoms with Crippen molar-refractivity contribution in [3.63, 3.8) is 0 Å². The first-order valence-corrected chi connectivity index (χ1v) is 8.23. The lowest BCUT2D eigenvalue weighted by Crippen LogP contribution is -2.33. The highest BCUT2D eigenvalue weighted by Gasteiger charge is 2.28. The Labute approximate surface area is 144 Å². The van der Waals surface area contributed by atoms with Crippen LogP contribution in [0.1, 0.15) is 10.4 Å². The van der Waals surface area contributed by atoms with Gasteiger partial charge in [0, 0.05) is 11.6 Å². The number of carbonyl (C=O) groups excluding carboxylic acids is 1. The van der Waals surface area contributed by atoms with Gasteiger partial charge in [-0.1, -0.05) is 0 Å². The van der Waals surface area contributed by atoms with Crippen LogP contribution >= 0.6 is 0 Å². The van der Waals surface area contributed by atoms with E-state index in [1.54, 1.807) is 5.32 Å². The van der Waals surface area contributed by atoms with Crippen molar-refractivity contribution in [3.05, 3.63) is 59.7 Å². The molecule has 0 saturated heterocycles. The minimum Gasteiger partial charge on any atom is -0.376 e. The second kappa shape index (κ2) is 7.28. The van der Waals surface area contributed by atoms with Gasteiger partial charge < -0.3 is 9.50 Å². The van der Waals surface area contributed by atoms with Crippen molar-refractivity contribution in [1.29, 1.82) is 0 Å². The standard InChI is InChI=1S/C15H10F5NO4S/c16-10-3-6-13(12(17)7-10)25-26(23,24)11-4-1-9(2-5-11)14(22)21-8-15(18,19)20/h1-7H,8H2,(H,21,22). The van der Waals surface area contributed by atoms with Gasteiger partial charge in [-0.2, -0.15) is 21.6 Å². The van der Waals surface area contributed by atoms with E-state index in [1.807, 2.05) is 0 Å². The maximum atomic E-state index is 13.5. The van der Waals surface area contributed by atoms with Gasteiger partial charge in [0.15, 0.2) is 11.6 Å². The largest absolute Gasteiger partial charge is 0.405 e. The van der Waals surface area contributed by atoms with Crippen molar-refractivity contribution in [2.24, 2.45) is 0 Å². The van der Waals surface area contributed by atoms with Crippen molar-refractivity contribution in [2.75, 3.05) is 6.54 Å². The number of alkyl halides is 3. The predicted molar refractivity (Wildman–Crippen MR) is 79.0 cm³/mol. The van der Waals surface area contributed by atoms with E-state index in [1.165, 1.54) is 0 Å². The zero-order valence-electron chi connectivity index (χ0n) is 12.7. The summed E-state index contributed by atoms with van der Waals surface area (Å²) in [4.78, 5) is 11.1. The monoisotopic (exact) mass is 395 g/mol. The van der Waals surface area contributed by atoms with Gasteiger partial charge in [-0.25, -0.2) is 8.78 Å². The third kappa shape index (κ3) is 5.15. The Morgan fingerprint density at radius 1 is 1.04 bits per heavy atom. The normalized spacial score (nSPS) is 11.9. The molecule has 0 heterocycles. The van der Waals surface area contributed by atoms with E-state index < -0.39 is 51.0 Å². The van der Waals surface area contributed by atoms with Crippen molar-refractivity contribution in [3.8, 4) is 5.75 Å². The van der Waals surface area contributed by atoms with Crippen LogP contribution in [0.15, 0.2) is 47.4 Å². The highest BCUT2D eigenvalue weighted by atomic mass is 32.2. The summed E-state index contributed by atoms with van der Waals surface area (Å²) in [6, 6.07) is 5.73. The molecule has 0 bridgehead atoms. The van der Waals surface area contributed by atoms with Gasteiger partial charge in [-0.15, -0.1) is 0 Å². The molecule has 1 amide bonds. The van der Waals surface area contributed by atoms with Crippen LogP contribution in [0.5, 0.6) is 5.75 Å². The van der Waals surface area contributed by atoms with Crippen LogP contribution in [0.2, 0.25) is 0 Å². The van der Waals surface area contributed by atoms with E-state index in [0.717, 1.165) is 36.4 Å². The van der Waals surface area contributed by atoms with Crippen LogP contribution in [-0.2, 0) is 10.1 Å². The van der Waals surface area contributed by atoms with Crippen LogP contribution in [-0.4, -0.2) is 27.0 Å². The highest BCUT2D eigenvalue weighted by Crippen LogP contribution is 2.23. The fourth-order valence-corrected chi connectivity index (χ4v) is 2.70. The fourth-order valence-electron chi connectivity index (χ4n) is 1.76. The fraction of sp³-hybridized carbons (Fsp3) is 0.133. The number of hydrogen-bond donors (Lipinski definition) is 1. The number of benzene rings is 2. The number of rotatable bonds is 5. The van der Waals surface area contributed by atoms with Crippen LogP contribution in [0.3, 0.4) is 0 Å². The molecule has 0 radical (unpaired) electrons. The molecular weight excluding hydrogens is 385 g/mol. The van der Waals surface area contributed by atoms with Crippen molar-refractivity contribution >= 4 is 16.0 Å². The van der Waals surface area contributed by atoms with E-state index in [-0.39, 0.29) is 5.56 Å². The molecule has 5 nitrogen and oxygen atoms in total. The summed E-state index contributed by atoms with van der Waals surface area (Å²) in [5.41, 5.74) is -0.221.